The van der Waals surface area contributed by atoms with Crippen LogP contribution < -0.4 is 11.3 Å². The van der Waals surface area contributed by atoms with Gasteiger partial charge in [-0.1, -0.05) is 56.3 Å². The number of ketones is 1. The van der Waals surface area contributed by atoms with E-state index in [9.17, 15) is 14.4 Å². The Labute approximate surface area is 263 Å². The van der Waals surface area contributed by atoms with E-state index >= 15 is 0 Å². The molecule has 0 radical (unpaired) electrons. The number of nitrogens with two attached hydrogens (primary N) is 1. The number of likely N-dealkylation sites (tertiary alicyclic amines) is 1. The molecular formula is C34H33BrN6O3. The molecule has 3 aromatic heterocycles. The number of hydrogen-bond acceptors (Lipinski definition) is 6. The molecule has 0 atom stereocenters. The smallest absolute Gasteiger partial charge is 0.266 e. The first-order valence-electron chi connectivity index (χ1n) is 14.7. The summed E-state index contributed by atoms with van der Waals surface area (Å²) in [5, 5.41) is 4.55. The highest BCUT2D eigenvalue weighted by Gasteiger charge is 2.28. The van der Waals surface area contributed by atoms with Crippen molar-refractivity contribution in [3.05, 3.63) is 111 Å². The Bertz CT molecular complexity index is 1910. The Morgan fingerprint density at radius 1 is 1.02 bits per heavy atom. The molecule has 1 aliphatic heterocycles. The van der Waals surface area contributed by atoms with Gasteiger partial charge in [-0.2, -0.15) is 5.10 Å². The third-order valence-corrected chi connectivity index (χ3v) is 8.71. The van der Waals surface area contributed by atoms with Crippen LogP contribution in [0.1, 0.15) is 54.2 Å². The van der Waals surface area contributed by atoms with Gasteiger partial charge in [0.1, 0.15) is 11.8 Å². The Hall–Kier alpha value is -4.57. The molecule has 224 valence electrons. The third-order valence-electron chi connectivity index (χ3n) is 8.28. The number of carbonyl (C=O) groups excluding carboxylic acids is 2. The van der Waals surface area contributed by atoms with Crippen LogP contribution in [0.4, 0.5) is 5.82 Å². The first kappa shape index (κ1) is 29.5. The number of para-hydroxylation sites is 1. The largest absolute Gasteiger partial charge is 0.382 e. The first-order valence-corrected chi connectivity index (χ1v) is 15.5. The van der Waals surface area contributed by atoms with Gasteiger partial charge in [-0.3, -0.25) is 19.0 Å². The van der Waals surface area contributed by atoms with E-state index in [-0.39, 0.29) is 41.1 Å². The van der Waals surface area contributed by atoms with Gasteiger partial charge in [-0.05, 0) is 64.2 Å². The van der Waals surface area contributed by atoms with Gasteiger partial charge < -0.3 is 10.6 Å². The van der Waals surface area contributed by atoms with Gasteiger partial charge in [-0.25, -0.2) is 9.50 Å². The number of fused-ring (bicyclic) bond motifs is 1. The molecule has 0 saturated carbocycles. The van der Waals surface area contributed by atoms with Gasteiger partial charge in [0.2, 0.25) is 5.91 Å². The summed E-state index contributed by atoms with van der Waals surface area (Å²) in [7, 11) is 0. The van der Waals surface area contributed by atoms with Crippen LogP contribution in [-0.2, 0) is 11.2 Å². The van der Waals surface area contributed by atoms with E-state index in [0.717, 1.165) is 40.7 Å². The number of nitrogen functional groups attached to an aromatic ring is 1. The molecule has 6 rings (SSSR count). The Balaban J connectivity index is 1.25. The van der Waals surface area contributed by atoms with Gasteiger partial charge in [0.15, 0.2) is 11.6 Å². The van der Waals surface area contributed by atoms with Crippen LogP contribution in [0, 0.1) is 5.92 Å². The highest BCUT2D eigenvalue weighted by molar-refractivity contribution is 9.10. The molecule has 0 spiro atoms. The van der Waals surface area contributed by atoms with Crippen molar-refractivity contribution in [1.29, 1.82) is 0 Å². The predicted molar refractivity (Wildman–Crippen MR) is 174 cm³/mol. The fourth-order valence-electron chi connectivity index (χ4n) is 5.98. The molecule has 1 saturated heterocycles. The molecule has 10 heteroatoms. The third kappa shape index (κ3) is 5.69. The highest BCUT2D eigenvalue weighted by atomic mass is 79.9. The number of pyridine rings is 1. The van der Waals surface area contributed by atoms with E-state index < -0.39 is 0 Å². The second-order valence-corrected chi connectivity index (χ2v) is 12.4. The van der Waals surface area contributed by atoms with Gasteiger partial charge in [0, 0.05) is 59.0 Å². The Morgan fingerprint density at radius 2 is 1.73 bits per heavy atom. The molecule has 1 amide bonds. The number of benzene rings is 2. The molecule has 5 aromatic rings. The van der Waals surface area contributed by atoms with Crippen LogP contribution in [0.3, 0.4) is 0 Å². The maximum absolute atomic E-state index is 13.3. The van der Waals surface area contributed by atoms with Crippen LogP contribution in [0.15, 0.2) is 88.5 Å². The van der Waals surface area contributed by atoms with Crippen molar-refractivity contribution >= 4 is 39.0 Å². The number of Topliss-reactive ketones (excluding diaryl/α,β-unsaturated/α-hetero) is 1. The van der Waals surface area contributed by atoms with E-state index in [4.69, 9.17) is 5.73 Å². The fourth-order valence-corrected chi connectivity index (χ4v) is 6.41. The molecule has 44 heavy (non-hydrogen) atoms. The molecule has 0 unspecified atom stereocenters. The lowest BCUT2D eigenvalue weighted by Gasteiger charge is -2.33. The minimum atomic E-state index is -0.358. The number of rotatable bonds is 7. The summed E-state index contributed by atoms with van der Waals surface area (Å²) in [5.74, 6) is 0.531. The highest BCUT2D eigenvalue weighted by Crippen LogP contribution is 2.37. The maximum atomic E-state index is 13.3. The molecular weight excluding hydrogens is 620 g/mol. The normalized spacial score (nSPS) is 14.0. The topological polar surface area (TPSA) is 116 Å². The molecule has 9 nitrogen and oxygen atoms in total. The van der Waals surface area contributed by atoms with Gasteiger partial charge in [0.25, 0.3) is 5.56 Å². The number of carbonyl (C=O) groups is 2. The molecule has 2 N–H and O–H groups in total. The van der Waals surface area contributed by atoms with Crippen molar-refractivity contribution in [3.63, 3.8) is 0 Å². The van der Waals surface area contributed by atoms with Gasteiger partial charge in [-0.15, -0.1) is 0 Å². The Morgan fingerprint density at radius 3 is 2.41 bits per heavy atom. The monoisotopic (exact) mass is 652 g/mol. The molecule has 4 heterocycles. The second kappa shape index (κ2) is 12.2. The van der Waals surface area contributed by atoms with Crippen molar-refractivity contribution in [2.45, 2.75) is 39.0 Å². The molecule has 1 aliphatic rings. The number of anilines is 1. The number of nitrogens with zero attached hydrogens (tertiary/aromatic N) is 5. The van der Waals surface area contributed by atoms with Crippen molar-refractivity contribution in [2.24, 2.45) is 5.92 Å². The van der Waals surface area contributed by atoms with Crippen molar-refractivity contribution in [2.75, 3.05) is 18.8 Å². The average molecular weight is 654 g/mol. The summed E-state index contributed by atoms with van der Waals surface area (Å²) in [6, 6.07) is 20.7. The fraction of sp³-hybridized carbons (Fsp3) is 0.265. The first-order chi connectivity index (χ1) is 21.2. The van der Waals surface area contributed by atoms with E-state index in [1.807, 2.05) is 77.9 Å². The van der Waals surface area contributed by atoms with Crippen molar-refractivity contribution in [3.8, 4) is 16.8 Å². The van der Waals surface area contributed by atoms with Crippen LogP contribution in [0.2, 0.25) is 0 Å². The van der Waals surface area contributed by atoms with Crippen LogP contribution >= 0.6 is 15.9 Å². The second-order valence-electron chi connectivity index (χ2n) is 11.5. The molecule has 2 aromatic carbocycles. The average Bonchev–Trinajstić information content (AvgIpc) is 3.43. The lowest BCUT2D eigenvalue weighted by Crippen LogP contribution is -2.40. The predicted octanol–water partition coefficient (Wildman–Crippen LogP) is 5.68. The summed E-state index contributed by atoms with van der Waals surface area (Å²) in [6.45, 7) is 5.29. The van der Waals surface area contributed by atoms with E-state index in [1.165, 1.54) is 10.9 Å². The minimum Gasteiger partial charge on any atom is -0.382 e. The zero-order chi connectivity index (χ0) is 31.0. The summed E-state index contributed by atoms with van der Waals surface area (Å²) >= 11 is 3.45. The lowest BCUT2D eigenvalue weighted by atomic mass is 9.92. The lowest BCUT2D eigenvalue weighted by molar-refractivity contribution is -0.135. The summed E-state index contributed by atoms with van der Waals surface area (Å²) < 4.78 is 4.01. The number of halogens is 1. The minimum absolute atomic E-state index is 0.0133. The summed E-state index contributed by atoms with van der Waals surface area (Å²) in [4.78, 5) is 45.3. The zero-order valence-electron chi connectivity index (χ0n) is 24.6. The van der Waals surface area contributed by atoms with Crippen LogP contribution in [0.5, 0.6) is 0 Å². The molecule has 0 bridgehead atoms. The number of hydrogen-bond donors (Lipinski definition) is 1. The summed E-state index contributed by atoms with van der Waals surface area (Å²) in [6.07, 6.45) is 4.91. The van der Waals surface area contributed by atoms with Gasteiger partial charge >= 0.3 is 0 Å². The van der Waals surface area contributed by atoms with E-state index in [2.05, 4.69) is 32.1 Å². The van der Waals surface area contributed by atoms with E-state index in [1.54, 1.807) is 12.3 Å². The quantitative estimate of drug-likeness (QED) is 0.226. The standard InChI is InChI=1S/C34H33BrN6O3/c1-21(2)33(43)39-14-12-24(13-15-39)29-18-27(31-32(36)37-20-38-41(29)31)23-10-8-22(9-11-23)16-30(42)28-17-25(35)19-40(34(28)44)26-6-4-3-5-7-26/h3-11,17-21,24H,12-16H2,1-2H3,(H2,36,37,38). The summed E-state index contributed by atoms with van der Waals surface area (Å²) in [5.41, 5.74) is 11.2. The van der Waals surface area contributed by atoms with E-state index in [0.29, 0.717) is 29.1 Å². The molecule has 1 fully saturated rings. The Kier molecular flexibility index (Phi) is 8.18. The molecule has 0 aliphatic carbocycles. The van der Waals surface area contributed by atoms with Crippen molar-refractivity contribution < 1.29 is 9.59 Å². The van der Waals surface area contributed by atoms with Crippen molar-refractivity contribution in [1.82, 2.24) is 24.1 Å². The van der Waals surface area contributed by atoms with Gasteiger partial charge in [0.05, 0.1) is 5.56 Å². The SMILES string of the molecule is CC(C)C(=O)N1CCC(c2cc(-c3ccc(CC(=O)c4cc(Br)cn(-c5ccccc5)c4=O)cc3)c3c(N)ncnn23)CC1. The number of piperidine rings is 1. The number of aromatic nitrogens is 4. The maximum Gasteiger partial charge on any atom is 0.266 e. The van der Waals surface area contributed by atoms with Crippen LogP contribution in [0.25, 0.3) is 22.3 Å². The van der Waals surface area contributed by atoms with Crippen LogP contribution in [-0.4, -0.2) is 48.8 Å². The zero-order valence-corrected chi connectivity index (χ0v) is 26.2. The number of amides is 1.